The predicted molar refractivity (Wildman–Crippen MR) is 116 cm³/mol. The molecule has 0 heterocycles. The number of hydrogen-bond donors (Lipinski definition) is 2. The van der Waals surface area contributed by atoms with E-state index in [1.54, 1.807) is 0 Å². The maximum Gasteiger partial charge on any atom is 0.408 e. The van der Waals surface area contributed by atoms with Gasteiger partial charge in [0.05, 0.1) is 6.04 Å². The highest BCUT2D eigenvalue weighted by Crippen LogP contribution is 2.21. The van der Waals surface area contributed by atoms with E-state index in [4.69, 9.17) is 4.74 Å². The van der Waals surface area contributed by atoms with Crippen molar-refractivity contribution < 1.29 is 19.1 Å². The third-order valence-corrected chi connectivity index (χ3v) is 4.43. The molecule has 0 saturated carbocycles. The summed E-state index contributed by atoms with van der Waals surface area (Å²) < 4.78 is 5.25. The Labute approximate surface area is 178 Å². The van der Waals surface area contributed by atoms with Crippen molar-refractivity contribution in [2.45, 2.75) is 52.3 Å². The number of nitrogens with one attached hydrogen (secondary N) is 2. The summed E-state index contributed by atoms with van der Waals surface area (Å²) in [5.41, 5.74) is 1.58. The molecule has 0 saturated heterocycles. The topological polar surface area (TPSA) is 84.5 Å². The van der Waals surface area contributed by atoms with E-state index >= 15 is 0 Å². The second-order valence-corrected chi connectivity index (χ2v) is 8.46. The van der Waals surface area contributed by atoms with Gasteiger partial charge in [-0.2, -0.15) is 0 Å². The number of benzene rings is 2. The van der Waals surface area contributed by atoms with Gasteiger partial charge >= 0.3 is 6.09 Å². The first kappa shape index (κ1) is 23.1. The van der Waals surface area contributed by atoms with E-state index < -0.39 is 24.1 Å². The molecule has 0 spiro atoms. The molecule has 2 atom stereocenters. The van der Waals surface area contributed by atoms with Crippen molar-refractivity contribution in [1.82, 2.24) is 10.6 Å². The lowest BCUT2D eigenvalue weighted by Crippen LogP contribution is -2.51. The zero-order valence-corrected chi connectivity index (χ0v) is 17.8. The molecule has 2 rings (SSSR count). The van der Waals surface area contributed by atoms with Gasteiger partial charge in [-0.15, -0.1) is 0 Å². The maximum atomic E-state index is 12.8. The first-order valence-electron chi connectivity index (χ1n) is 10.0. The number of rotatable bonds is 9. The van der Waals surface area contributed by atoms with Crippen molar-refractivity contribution >= 4 is 18.3 Å². The van der Waals surface area contributed by atoms with Crippen LogP contribution in [0.2, 0.25) is 0 Å². The zero-order chi connectivity index (χ0) is 22.0. The van der Waals surface area contributed by atoms with E-state index in [0.29, 0.717) is 19.1 Å². The fourth-order valence-corrected chi connectivity index (χ4v) is 3.01. The van der Waals surface area contributed by atoms with E-state index in [0.717, 1.165) is 11.1 Å². The lowest BCUT2D eigenvalue weighted by atomic mass is 9.87. The Balaban J connectivity index is 1.98. The van der Waals surface area contributed by atoms with Crippen LogP contribution < -0.4 is 10.6 Å². The summed E-state index contributed by atoms with van der Waals surface area (Å²) >= 11 is 0. The largest absolute Gasteiger partial charge is 0.445 e. The molecule has 6 nitrogen and oxygen atoms in total. The molecule has 2 aromatic rings. The summed E-state index contributed by atoms with van der Waals surface area (Å²) in [6.07, 6.45) is 0.827. The molecular weight excluding hydrogens is 380 g/mol. The number of hydrogen-bond acceptors (Lipinski definition) is 4. The van der Waals surface area contributed by atoms with Crippen LogP contribution in [0.15, 0.2) is 60.7 Å². The van der Waals surface area contributed by atoms with E-state index in [-0.39, 0.29) is 12.0 Å². The lowest BCUT2D eigenvalue weighted by molar-refractivity contribution is -0.126. The third-order valence-electron chi connectivity index (χ3n) is 4.43. The molecule has 0 bridgehead atoms. The van der Waals surface area contributed by atoms with Crippen LogP contribution in [0, 0.1) is 5.41 Å². The van der Waals surface area contributed by atoms with Crippen LogP contribution in [-0.4, -0.2) is 30.4 Å². The van der Waals surface area contributed by atoms with Crippen molar-refractivity contribution in [3.05, 3.63) is 71.8 Å². The predicted octanol–water partition coefficient (Wildman–Crippen LogP) is 3.64. The molecule has 6 heteroatoms. The second-order valence-electron chi connectivity index (χ2n) is 8.46. The zero-order valence-electron chi connectivity index (χ0n) is 17.8. The number of alkyl carbamates (subject to hydrolysis) is 1. The van der Waals surface area contributed by atoms with Gasteiger partial charge in [0, 0.05) is 0 Å². The average Bonchev–Trinajstić information content (AvgIpc) is 2.71. The Morgan fingerprint density at radius 1 is 0.933 bits per heavy atom. The van der Waals surface area contributed by atoms with Crippen molar-refractivity contribution in [2.24, 2.45) is 5.41 Å². The first-order valence-corrected chi connectivity index (χ1v) is 10.0. The molecule has 0 aliphatic heterocycles. The molecule has 0 aliphatic rings. The summed E-state index contributed by atoms with van der Waals surface area (Å²) in [5.74, 6) is -0.408. The van der Waals surface area contributed by atoms with Gasteiger partial charge in [0.1, 0.15) is 18.9 Å². The Hall–Kier alpha value is -3.15. The highest BCUT2D eigenvalue weighted by Gasteiger charge is 2.28. The Morgan fingerprint density at radius 3 is 2.03 bits per heavy atom. The Morgan fingerprint density at radius 2 is 1.50 bits per heavy atom. The second kappa shape index (κ2) is 11.1. The third kappa shape index (κ3) is 8.47. The van der Waals surface area contributed by atoms with Crippen molar-refractivity contribution in [3.8, 4) is 0 Å². The van der Waals surface area contributed by atoms with Crippen LogP contribution in [0.1, 0.15) is 38.3 Å². The average molecular weight is 411 g/mol. The quantitative estimate of drug-likeness (QED) is 0.618. The van der Waals surface area contributed by atoms with Gasteiger partial charge < -0.3 is 20.2 Å². The van der Waals surface area contributed by atoms with Gasteiger partial charge in [-0.1, -0.05) is 81.4 Å². The molecule has 2 N–H and O–H groups in total. The number of aldehydes is 1. The standard InChI is InChI=1S/C24H30N2O4/c1-24(2,3)15-21(26-23(29)30-17-19-12-8-5-9-13-19)22(28)25-20(16-27)14-18-10-6-4-7-11-18/h4-13,16,20-21H,14-15,17H2,1-3H3,(H,25,28)(H,26,29)/t20-,21-/m0/s1. The number of amides is 2. The van der Waals surface area contributed by atoms with Crippen molar-refractivity contribution in [1.29, 1.82) is 0 Å². The molecule has 0 aliphatic carbocycles. The summed E-state index contributed by atoms with van der Waals surface area (Å²) in [6, 6.07) is 17.3. The maximum absolute atomic E-state index is 12.8. The van der Waals surface area contributed by atoms with E-state index in [2.05, 4.69) is 10.6 Å². The van der Waals surface area contributed by atoms with Crippen LogP contribution in [0.25, 0.3) is 0 Å². The molecule has 0 fully saturated rings. The molecule has 0 radical (unpaired) electrons. The summed E-state index contributed by atoms with van der Waals surface area (Å²) in [4.78, 5) is 36.6. The van der Waals surface area contributed by atoms with Crippen LogP contribution in [0.5, 0.6) is 0 Å². The summed E-state index contributed by atoms with van der Waals surface area (Å²) in [7, 11) is 0. The van der Waals surface area contributed by atoms with E-state index in [1.165, 1.54) is 0 Å². The van der Waals surface area contributed by atoms with Gasteiger partial charge in [-0.3, -0.25) is 4.79 Å². The molecular formula is C24H30N2O4. The van der Waals surface area contributed by atoms with Crippen molar-refractivity contribution in [2.75, 3.05) is 0 Å². The minimum atomic E-state index is -0.813. The van der Waals surface area contributed by atoms with Gasteiger partial charge in [0.15, 0.2) is 0 Å². The van der Waals surface area contributed by atoms with Crippen molar-refractivity contribution in [3.63, 3.8) is 0 Å². The monoisotopic (exact) mass is 410 g/mol. The molecule has 2 amide bonds. The van der Waals surface area contributed by atoms with Crippen LogP contribution in [-0.2, 0) is 27.4 Å². The number of carbonyl (C=O) groups is 3. The van der Waals surface area contributed by atoms with Gasteiger partial charge in [0.25, 0.3) is 0 Å². The highest BCUT2D eigenvalue weighted by atomic mass is 16.5. The highest BCUT2D eigenvalue weighted by molar-refractivity contribution is 5.87. The number of ether oxygens (including phenoxy) is 1. The smallest absolute Gasteiger partial charge is 0.408 e. The van der Waals surface area contributed by atoms with Crippen LogP contribution in [0.4, 0.5) is 4.79 Å². The lowest BCUT2D eigenvalue weighted by Gasteiger charge is -2.27. The van der Waals surface area contributed by atoms with E-state index in [9.17, 15) is 14.4 Å². The summed E-state index contributed by atoms with van der Waals surface area (Å²) in [6.45, 7) is 6.05. The Kier molecular flexibility index (Phi) is 8.59. The normalized spacial score (nSPS) is 13.0. The van der Waals surface area contributed by atoms with E-state index in [1.807, 2.05) is 81.4 Å². The van der Waals surface area contributed by atoms with Crippen LogP contribution in [0.3, 0.4) is 0 Å². The molecule has 160 valence electrons. The van der Waals surface area contributed by atoms with Gasteiger partial charge in [-0.05, 0) is 29.4 Å². The van der Waals surface area contributed by atoms with Crippen LogP contribution >= 0.6 is 0 Å². The first-order chi connectivity index (χ1) is 14.3. The molecule has 0 aromatic heterocycles. The molecule has 0 unspecified atom stereocenters. The molecule has 30 heavy (non-hydrogen) atoms. The molecule has 2 aromatic carbocycles. The van der Waals surface area contributed by atoms with Gasteiger partial charge in [0.2, 0.25) is 5.91 Å². The minimum Gasteiger partial charge on any atom is -0.445 e. The fourth-order valence-electron chi connectivity index (χ4n) is 3.01. The minimum absolute atomic E-state index is 0.113. The SMILES string of the molecule is CC(C)(C)C[C@H](NC(=O)OCc1ccccc1)C(=O)N[C@H](C=O)Cc1ccccc1. The Bertz CT molecular complexity index is 816. The number of carbonyl (C=O) groups excluding carboxylic acids is 3. The summed E-state index contributed by atoms with van der Waals surface area (Å²) in [5, 5.41) is 5.39. The fraction of sp³-hybridized carbons (Fsp3) is 0.375. The van der Waals surface area contributed by atoms with Gasteiger partial charge in [-0.25, -0.2) is 4.79 Å².